The van der Waals surface area contributed by atoms with Crippen LogP contribution in [0, 0.1) is 5.13 Å². The number of nitrogens with zero attached hydrogens (tertiary/aromatic N) is 4. The van der Waals surface area contributed by atoms with Crippen molar-refractivity contribution in [2.45, 2.75) is 18.9 Å². The van der Waals surface area contributed by atoms with E-state index < -0.39 is 5.92 Å². The number of aromatic amines is 2. The van der Waals surface area contributed by atoms with Crippen LogP contribution in [-0.2, 0) is 6.54 Å². The van der Waals surface area contributed by atoms with Crippen molar-refractivity contribution in [3.63, 3.8) is 0 Å². The Morgan fingerprint density at radius 1 is 1.00 bits per heavy atom. The highest BCUT2D eigenvalue weighted by Crippen LogP contribution is 2.37. The van der Waals surface area contributed by atoms with Gasteiger partial charge in [-0.2, -0.15) is 9.49 Å². The number of alkyl halides is 2. The zero-order chi connectivity index (χ0) is 25.9. The van der Waals surface area contributed by atoms with Gasteiger partial charge in [-0.3, -0.25) is 20.0 Å². The molecule has 10 heteroatoms. The van der Waals surface area contributed by atoms with Crippen molar-refractivity contribution in [1.82, 2.24) is 30.0 Å². The fraction of sp³-hybridized carbons (Fsp3) is 0.179. The normalized spacial score (nSPS) is 15.7. The van der Waals surface area contributed by atoms with Crippen LogP contribution in [0.2, 0.25) is 0 Å². The first-order valence-electron chi connectivity index (χ1n) is 12.2. The van der Waals surface area contributed by atoms with E-state index in [1.807, 2.05) is 36.4 Å². The highest BCUT2D eigenvalue weighted by Gasteiger charge is 2.37. The van der Waals surface area contributed by atoms with Gasteiger partial charge < -0.3 is 4.98 Å². The lowest BCUT2D eigenvalue weighted by molar-refractivity contribution is 0.0115. The molecule has 0 bridgehead atoms. The van der Waals surface area contributed by atoms with Crippen molar-refractivity contribution in [3.05, 3.63) is 77.8 Å². The molecule has 190 valence electrons. The Hall–Kier alpha value is -4.02. The second-order valence-corrected chi connectivity index (χ2v) is 10.7. The number of aromatic nitrogens is 5. The Bertz CT molecular complexity index is 1800. The first kappa shape index (κ1) is 23.1. The molecular weight excluding hydrogens is 509 g/mol. The molecule has 0 spiro atoms. The van der Waals surface area contributed by atoms with Gasteiger partial charge in [-0.1, -0.05) is 12.1 Å². The Morgan fingerprint density at radius 3 is 2.74 bits per heavy atom. The Labute approximate surface area is 219 Å². The summed E-state index contributed by atoms with van der Waals surface area (Å²) in [6.07, 6.45) is 5.06. The number of pyridine rings is 2. The molecule has 6 nitrogen and oxygen atoms in total. The number of fused-ring (bicyclic) bond motifs is 2. The first-order valence-corrected chi connectivity index (χ1v) is 13.0. The number of benzene rings is 1. The monoisotopic (exact) mass is 530 g/mol. The maximum absolute atomic E-state index is 13.7. The fourth-order valence-electron chi connectivity index (χ4n) is 5.15. The third kappa shape index (κ3) is 4.15. The van der Waals surface area contributed by atoms with Gasteiger partial charge in [-0.15, -0.1) is 11.3 Å². The smallest absolute Gasteiger partial charge is 0.261 e. The molecule has 0 saturated carbocycles. The molecule has 1 aromatic carbocycles. The molecule has 5 aromatic heterocycles. The summed E-state index contributed by atoms with van der Waals surface area (Å²) in [6, 6.07) is 15.1. The maximum Gasteiger partial charge on any atom is 0.261 e. The van der Waals surface area contributed by atoms with E-state index in [9.17, 15) is 13.2 Å². The van der Waals surface area contributed by atoms with Crippen LogP contribution in [0.15, 0.2) is 67.1 Å². The van der Waals surface area contributed by atoms with Crippen LogP contribution in [0.4, 0.5) is 13.2 Å². The number of nitrogens with one attached hydrogen (secondary N) is 2. The fourth-order valence-corrected chi connectivity index (χ4v) is 5.92. The minimum Gasteiger partial charge on any atom is -0.353 e. The molecule has 38 heavy (non-hydrogen) atoms. The van der Waals surface area contributed by atoms with Crippen molar-refractivity contribution in [2.24, 2.45) is 0 Å². The Morgan fingerprint density at radius 2 is 1.92 bits per heavy atom. The van der Waals surface area contributed by atoms with E-state index in [-0.39, 0.29) is 18.1 Å². The second kappa shape index (κ2) is 8.78. The molecule has 0 aliphatic carbocycles. The highest BCUT2D eigenvalue weighted by atomic mass is 32.1. The van der Waals surface area contributed by atoms with Crippen LogP contribution >= 0.6 is 11.3 Å². The van der Waals surface area contributed by atoms with Crippen LogP contribution in [0.1, 0.15) is 12.0 Å². The van der Waals surface area contributed by atoms with E-state index in [1.54, 1.807) is 29.6 Å². The molecular formula is C28H21F3N6S. The molecule has 2 N–H and O–H groups in total. The predicted octanol–water partition coefficient (Wildman–Crippen LogP) is 6.88. The van der Waals surface area contributed by atoms with Crippen LogP contribution in [0.5, 0.6) is 0 Å². The van der Waals surface area contributed by atoms with E-state index >= 15 is 0 Å². The van der Waals surface area contributed by atoms with E-state index in [1.165, 1.54) is 6.07 Å². The zero-order valence-electron chi connectivity index (χ0n) is 20.0. The molecule has 1 aliphatic heterocycles. The minimum absolute atomic E-state index is 0.110. The molecule has 6 heterocycles. The molecule has 1 aliphatic rings. The van der Waals surface area contributed by atoms with Crippen molar-refractivity contribution in [3.8, 4) is 33.1 Å². The summed E-state index contributed by atoms with van der Waals surface area (Å²) in [4.78, 5) is 15.0. The first-order chi connectivity index (χ1) is 18.4. The quantitative estimate of drug-likeness (QED) is 0.255. The summed E-state index contributed by atoms with van der Waals surface area (Å²) in [5.41, 5.74) is 6.63. The number of hydrogen-bond donors (Lipinski definition) is 2. The average Bonchev–Trinajstić information content (AvgIpc) is 3.69. The van der Waals surface area contributed by atoms with E-state index in [0.717, 1.165) is 66.1 Å². The Balaban J connectivity index is 1.24. The topological polar surface area (TPSA) is 73.5 Å². The molecule has 1 fully saturated rings. The van der Waals surface area contributed by atoms with Gasteiger partial charge in [0.1, 0.15) is 5.69 Å². The van der Waals surface area contributed by atoms with Gasteiger partial charge in [0, 0.05) is 64.2 Å². The summed E-state index contributed by atoms with van der Waals surface area (Å²) in [5.74, 6) is -2.63. The van der Waals surface area contributed by atoms with Gasteiger partial charge in [0.2, 0.25) is 0 Å². The van der Waals surface area contributed by atoms with Gasteiger partial charge in [-0.05, 0) is 42.0 Å². The zero-order valence-corrected chi connectivity index (χ0v) is 20.8. The maximum atomic E-state index is 13.7. The number of halogens is 3. The van der Waals surface area contributed by atoms with Crippen molar-refractivity contribution >= 4 is 33.1 Å². The second-order valence-electron chi connectivity index (χ2n) is 9.64. The van der Waals surface area contributed by atoms with Crippen molar-refractivity contribution in [1.29, 1.82) is 0 Å². The Kier molecular flexibility index (Phi) is 5.34. The lowest BCUT2D eigenvalue weighted by atomic mass is 10.1. The van der Waals surface area contributed by atoms with Crippen LogP contribution in [0.3, 0.4) is 0 Å². The summed E-state index contributed by atoms with van der Waals surface area (Å²) < 4.78 is 40.9. The summed E-state index contributed by atoms with van der Waals surface area (Å²) in [7, 11) is 0. The van der Waals surface area contributed by atoms with E-state index in [0.29, 0.717) is 18.8 Å². The number of H-pyrrole nitrogens is 2. The average molecular weight is 531 g/mol. The van der Waals surface area contributed by atoms with Gasteiger partial charge in [0.05, 0.1) is 29.6 Å². The van der Waals surface area contributed by atoms with Crippen molar-refractivity contribution in [2.75, 3.05) is 13.1 Å². The van der Waals surface area contributed by atoms with Crippen LogP contribution < -0.4 is 0 Å². The molecule has 6 aromatic rings. The lowest BCUT2D eigenvalue weighted by Crippen LogP contribution is -2.24. The molecule has 7 rings (SSSR count). The van der Waals surface area contributed by atoms with E-state index in [2.05, 4.69) is 25.1 Å². The summed E-state index contributed by atoms with van der Waals surface area (Å²) in [5, 5.41) is 9.26. The molecule has 0 radical (unpaired) electrons. The van der Waals surface area contributed by atoms with Gasteiger partial charge in [-0.25, -0.2) is 8.78 Å². The van der Waals surface area contributed by atoms with Gasteiger partial charge in [0.25, 0.3) is 5.92 Å². The summed E-state index contributed by atoms with van der Waals surface area (Å²) >= 11 is 1.12. The third-order valence-corrected chi connectivity index (χ3v) is 7.86. The predicted molar refractivity (Wildman–Crippen MR) is 143 cm³/mol. The number of thiophene rings is 1. The van der Waals surface area contributed by atoms with Crippen LogP contribution in [0.25, 0.3) is 54.9 Å². The van der Waals surface area contributed by atoms with E-state index in [4.69, 9.17) is 0 Å². The number of likely N-dealkylation sites (tertiary alicyclic amines) is 1. The molecule has 0 atom stereocenters. The number of rotatable bonds is 5. The van der Waals surface area contributed by atoms with Crippen molar-refractivity contribution < 1.29 is 13.2 Å². The standard InChI is InChI=1S/C28H21F3N6S/c29-26-5-4-25(38-26)18-2-1-3-21-19(18)9-23(34-21)27-20-10-22(33-13-24(20)35-36-27)17-8-16(11-32-12-17)14-37-7-6-28(30,31)15-37/h1-5,8-13,34H,6-7,14-15H2,(H,35,36). The largest absolute Gasteiger partial charge is 0.353 e. The molecule has 0 amide bonds. The molecule has 1 saturated heterocycles. The summed E-state index contributed by atoms with van der Waals surface area (Å²) in [6.45, 7) is 0.558. The van der Waals surface area contributed by atoms with Gasteiger partial charge >= 0.3 is 0 Å². The third-order valence-electron chi connectivity index (χ3n) is 6.95. The van der Waals surface area contributed by atoms with Gasteiger partial charge in [0.15, 0.2) is 5.13 Å². The minimum atomic E-state index is -2.63. The SMILES string of the molecule is Fc1ccc(-c2cccc3[nH]c(-c4n[nH]c5cnc(-c6cncc(CN7CCC(F)(F)C7)c6)cc45)cc23)s1. The van der Waals surface area contributed by atoms with Crippen LogP contribution in [-0.4, -0.2) is 49.1 Å². The number of hydrogen-bond acceptors (Lipinski definition) is 5. The molecule has 0 unspecified atom stereocenters. The highest BCUT2D eigenvalue weighted by molar-refractivity contribution is 7.14. The lowest BCUT2D eigenvalue weighted by Gasteiger charge is -2.15.